The van der Waals surface area contributed by atoms with Crippen LogP contribution >= 0.6 is 11.6 Å². The molecular weight excluding hydrogens is 534 g/mol. The molecule has 0 saturated carbocycles. The maximum absolute atomic E-state index is 13.4. The largest absolute Gasteiger partial charge is 0.476 e. The highest BCUT2D eigenvalue weighted by Crippen LogP contribution is 2.47. The van der Waals surface area contributed by atoms with Crippen molar-refractivity contribution in [3.05, 3.63) is 38.9 Å². The van der Waals surface area contributed by atoms with E-state index < -0.39 is 84.7 Å². The molecule has 190 valence electrons. The number of halogens is 7. The summed E-state index contributed by atoms with van der Waals surface area (Å²) in [5.41, 5.74) is -6.94. The molecule has 0 aromatic heterocycles. The lowest BCUT2D eigenvalue weighted by Gasteiger charge is -2.35. The zero-order valence-corrected chi connectivity index (χ0v) is 19.0. The molecule has 1 aromatic carbocycles. The van der Waals surface area contributed by atoms with Crippen LogP contribution in [-0.2, 0) is 41.6 Å². The van der Waals surface area contributed by atoms with E-state index in [1.54, 1.807) is 0 Å². The lowest BCUT2D eigenvalue weighted by Crippen LogP contribution is -2.44. The van der Waals surface area contributed by atoms with Gasteiger partial charge in [-0.05, 0) is 12.1 Å². The molecule has 3 N–H and O–H groups in total. The zero-order chi connectivity index (χ0) is 26.9. The van der Waals surface area contributed by atoms with Crippen molar-refractivity contribution in [3.8, 4) is 6.07 Å². The predicted molar refractivity (Wildman–Crippen MR) is 109 cm³/mol. The van der Waals surface area contributed by atoms with Gasteiger partial charge in [0.15, 0.2) is 16.3 Å². The van der Waals surface area contributed by atoms with E-state index in [9.17, 15) is 40.1 Å². The van der Waals surface area contributed by atoms with Crippen molar-refractivity contribution in [2.45, 2.75) is 23.6 Å². The Morgan fingerprint density at radius 2 is 1.83 bits per heavy atom. The Labute approximate surface area is 200 Å². The lowest BCUT2D eigenvalue weighted by atomic mass is 9.83. The van der Waals surface area contributed by atoms with E-state index >= 15 is 0 Å². The number of anilines is 1. The van der Waals surface area contributed by atoms with Crippen molar-refractivity contribution in [1.29, 1.82) is 5.26 Å². The van der Waals surface area contributed by atoms with E-state index in [-0.39, 0.29) is 0 Å². The van der Waals surface area contributed by atoms with Crippen LogP contribution in [0.25, 0.3) is 0 Å². The number of nitriles is 1. The normalized spacial score (nSPS) is 19.3. The minimum Gasteiger partial charge on any atom is -0.469 e. The fraction of sp³-hybridized carbons (Fsp3) is 0.333. The van der Waals surface area contributed by atoms with Crippen molar-refractivity contribution in [2.75, 3.05) is 19.5 Å². The number of hydrogen-bond acceptors (Lipinski definition) is 9. The Hall–Kier alpha value is -3.32. The van der Waals surface area contributed by atoms with Gasteiger partial charge in [0.25, 0.3) is 0 Å². The average molecular weight is 547 g/mol. The minimum atomic E-state index is -5.48. The second-order valence-corrected chi connectivity index (χ2v) is 8.45. The molecule has 0 spiro atoms. The Bertz CT molecular complexity index is 1210. The molecule has 2 atom stereocenters. The molecule has 35 heavy (non-hydrogen) atoms. The number of allylic oxidation sites excluding steroid dienone is 1. The first kappa shape index (κ1) is 27.9. The van der Waals surface area contributed by atoms with Gasteiger partial charge in [0.05, 0.1) is 36.9 Å². The number of esters is 2. The molecule has 0 saturated heterocycles. The third-order valence-electron chi connectivity index (χ3n) is 4.54. The second-order valence-electron chi connectivity index (χ2n) is 6.64. The molecule has 17 heteroatoms. The zero-order valence-electron chi connectivity index (χ0n) is 17.4. The summed E-state index contributed by atoms with van der Waals surface area (Å²) in [4.78, 5) is 27.2. The highest BCUT2D eigenvalue weighted by Gasteiger charge is 2.52. The van der Waals surface area contributed by atoms with Crippen LogP contribution in [0.1, 0.15) is 17.5 Å². The van der Waals surface area contributed by atoms with Crippen LogP contribution in [0.4, 0.5) is 32.0 Å². The number of nitrogens with zero attached hydrogens (tertiary/aromatic N) is 2. The lowest BCUT2D eigenvalue weighted by molar-refractivity contribution is -0.154. The molecule has 9 nitrogen and oxygen atoms in total. The molecule has 1 aliphatic heterocycles. The van der Waals surface area contributed by atoms with E-state index in [0.29, 0.717) is 12.1 Å². The summed E-state index contributed by atoms with van der Waals surface area (Å²) < 4.78 is 101. The quantitative estimate of drug-likeness (QED) is 0.326. The van der Waals surface area contributed by atoms with Crippen LogP contribution in [0.3, 0.4) is 0 Å². The number of alkyl halides is 6. The summed E-state index contributed by atoms with van der Waals surface area (Å²) >= 11 is 5.96. The molecule has 1 aromatic rings. The molecular formula is C18H13ClF6N4O5S. The van der Waals surface area contributed by atoms with Crippen LogP contribution in [0, 0.1) is 11.3 Å². The third-order valence-corrected chi connectivity index (χ3v) is 6.04. The van der Waals surface area contributed by atoms with Crippen molar-refractivity contribution in [3.63, 3.8) is 0 Å². The number of hydrogen-bond donors (Lipinski definition) is 2. The van der Waals surface area contributed by atoms with E-state index in [2.05, 4.69) is 19.8 Å². The summed E-state index contributed by atoms with van der Waals surface area (Å²) in [6, 6.07) is 1.92. The molecule has 0 radical (unpaired) electrons. The number of amidine groups is 1. The first-order chi connectivity index (χ1) is 16.0. The minimum absolute atomic E-state index is 0.381. The highest BCUT2D eigenvalue weighted by molar-refractivity contribution is 7.91. The van der Waals surface area contributed by atoms with Crippen LogP contribution < -0.4 is 11.1 Å². The van der Waals surface area contributed by atoms with Gasteiger partial charge in [0, 0.05) is 5.56 Å². The topological polar surface area (TPSA) is 144 Å². The number of nitrogens with one attached hydrogen (secondary N) is 1. The van der Waals surface area contributed by atoms with Crippen molar-refractivity contribution in [2.24, 2.45) is 10.7 Å². The number of nitrogens with two attached hydrogens (primary N) is 1. The molecule has 2 rings (SSSR count). The predicted octanol–water partition coefficient (Wildman–Crippen LogP) is 3.08. The summed E-state index contributed by atoms with van der Waals surface area (Å²) in [6.07, 6.45) is -6.19. The van der Waals surface area contributed by atoms with Crippen molar-refractivity contribution >= 4 is 45.9 Å². The van der Waals surface area contributed by atoms with Gasteiger partial charge in [0.2, 0.25) is 0 Å². The number of carbonyl (C=O) groups excluding carboxylic acids is 2. The summed E-state index contributed by atoms with van der Waals surface area (Å²) in [5, 5.41) is 10.4. The Kier molecular flexibility index (Phi) is 7.77. The highest BCUT2D eigenvalue weighted by atomic mass is 35.5. The standard InChI is InChI=1S/C18H13ClF6N4O5S/c1-33-11(30)5-16(15(31)34-2)8-3-7(17(20,21)22)4-9(19)12(8)28-14(29-16)13(10(27)6-26)35(32)18(23,24)25/h3-4H,5,27H2,1-2H3,(H,28,29). The monoisotopic (exact) mass is 546 g/mol. The summed E-state index contributed by atoms with van der Waals surface area (Å²) in [7, 11) is -2.40. The summed E-state index contributed by atoms with van der Waals surface area (Å²) in [5.74, 6) is -3.87. The maximum atomic E-state index is 13.4. The fourth-order valence-electron chi connectivity index (χ4n) is 3.02. The number of carbonyl (C=O) groups is 2. The first-order valence-corrected chi connectivity index (χ1v) is 10.4. The van der Waals surface area contributed by atoms with Gasteiger partial charge in [-0.1, -0.05) is 11.6 Å². The van der Waals surface area contributed by atoms with Crippen molar-refractivity contribution < 1.29 is 49.6 Å². The fourth-order valence-corrected chi connectivity index (χ4v) is 4.04. The van der Waals surface area contributed by atoms with Gasteiger partial charge < -0.3 is 20.5 Å². The van der Waals surface area contributed by atoms with Crippen LogP contribution in [0.2, 0.25) is 5.02 Å². The molecule has 0 fully saturated rings. The van der Waals surface area contributed by atoms with Crippen LogP contribution in [0.15, 0.2) is 27.7 Å². The number of benzene rings is 1. The summed E-state index contributed by atoms with van der Waals surface area (Å²) in [6.45, 7) is 0. The van der Waals surface area contributed by atoms with Gasteiger partial charge >= 0.3 is 23.6 Å². The second kappa shape index (κ2) is 9.74. The number of methoxy groups -OCH3 is 2. The van der Waals surface area contributed by atoms with E-state index in [1.165, 1.54) is 0 Å². The third kappa shape index (κ3) is 5.35. The van der Waals surface area contributed by atoms with Gasteiger partial charge in [-0.3, -0.25) is 4.79 Å². The number of ether oxygens (including phenoxy) is 2. The Morgan fingerprint density at radius 1 is 1.23 bits per heavy atom. The number of fused-ring (bicyclic) bond motifs is 1. The van der Waals surface area contributed by atoms with E-state index in [0.717, 1.165) is 20.3 Å². The molecule has 0 bridgehead atoms. The maximum Gasteiger partial charge on any atom is 0.476 e. The van der Waals surface area contributed by atoms with Crippen LogP contribution in [-0.4, -0.2) is 41.7 Å². The SMILES string of the molecule is COC(=O)CC1(C(=O)OC)N=C(C(=C(N)C#N)S(=O)C(F)(F)F)Nc2c(Cl)cc(C(F)(F)F)cc21. The molecule has 1 aliphatic rings. The Morgan fingerprint density at radius 3 is 2.29 bits per heavy atom. The number of rotatable bonds is 5. The van der Waals surface area contributed by atoms with Crippen LogP contribution in [0.5, 0.6) is 0 Å². The van der Waals surface area contributed by atoms with Crippen molar-refractivity contribution in [1.82, 2.24) is 0 Å². The molecule has 1 heterocycles. The van der Waals surface area contributed by atoms with E-state index in [4.69, 9.17) is 22.6 Å². The number of aliphatic imine (C=N–C) groups is 1. The average Bonchev–Trinajstić information content (AvgIpc) is 2.77. The van der Waals surface area contributed by atoms with Gasteiger partial charge in [-0.25, -0.2) is 14.0 Å². The first-order valence-electron chi connectivity index (χ1n) is 8.85. The molecule has 0 aliphatic carbocycles. The molecule has 2 unspecified atom stereocenters. The van der Waals surface area contributed by atoms with Gasteiger partial charge in [-0.2, -0.15) is 31.6 Å². The van der Waals surface area contributed by atoms with Gasteiger partial charge in [-0.15, -0.1) is 0 Å². The van der Waals surface area contributed by atoms with Gasteiger partial charge in [0.1, 0.15) is 22.5 Å². The smallest absolute Gasteiger partial charge is 0.469 e. The Balaban J connectivity index is 3.05. The van der Waals surface area contributed by atoms with E-state index in [1.807, 2.05) is 0 Å². The molecule has 0 amide bonds.